The minimum Gasteiger partial charge on any atom is -0.497 e. The molecule has 4 rings (SSSR count). The maximum absolute atomic E-state index is 13.2. The molecule has 2 aromatic heterocycles. The smallest absolute Gasteiger partial charge is 0.271 e. The molecule has 0 fully saturated rings. The van der Waals surface area contributed by atoms with Gasteiger partial charge in [-0.1, -0.05) is 23.7 Å². The highest BCUT2D eigenvalue weighted by Gasteiger charge is 2.19. The Labute approximate surface area is 186 Å². The van der Waals surface area contributed by atoms with Gasteiger partial charge in [0.2, 0.25) is 0 Å². The highest BCUT2D eigenvalue weighted by atomic mass is 35.5. The van der Waals surface area contributed by atoms with Crippen molar-refractivity contribution in [1.29, 1.82) is 0 Å². The Morgan fingerprint density at radius 2 is 1.94 bits per heavy atom. The number of nitrogens with one attached hydrogen (secondary N) is 1. The summed E-state index contributed by atoms with van der Waals surface area (Å²) in [7, 11) is 3.12. The zero-order chi connectivity index (χ0) is 22.0. The van der Waals surface area contributed by atoms with Crippen molar-refractivity contribution >= 4 is 33.8 Å². The molecule has 0 aliphatic rings. The number of amides is 1. The molecular weight excluding hydrogens is 438 g/mol. The Hall–Kier alpha value is -3.36. The molecule has 0 bridgehead atoms. The molecule has 2 heterocycles. The molecule has 1 amide bonds. The van der Waals surface area contributed by atoms with Crippen molar-refractivity contribution in [3.63, 3.8) is 0 Å². The molecular formula is C22H18ClN3O4S. The van der Waals surface area contributed by atoms with Crippen molar-refractivity contribution in [2.75, 3.05) is 14.2 Å². The van der Waals surface area contributed by atoms with Gasteiger partial charge >= 0.3 is 0 Å². The van der Waals surface area contributed by atoms with Crippen LogP contribution in [0.15, 0.2) is 58.8 Å². The molecule has 0 saturated heterocycles. The number of carbonyl (C=O) groups is 1. The fourth-order valence-corrected chi connectivity index (χ4v) is 4.11. The number of hydrogen-bond donors (Lipinski definition) is 1. The largest absolute Gasteiger partial charge is 0.497 e. The van der Waals surface area contributed by atoms with E-state index in [2.05, 4.69) is 10.3 Å². The Kier molecular flexibility index (Phi) is 5.92. The molecule has 0 atom stereocenters. The molecule has 0 unspecified atom stereocenters. The Balaban J connectivity index is 1.72. The van der Waals surface area contributed by atoms with Crippen molar-refractivity contribution in [3.8, 4) is 22.8 Å². The van der Waals surface area contributed by atoms with Crippen LogP contribution in [0, 0.1) is 0 Å². The first-order chi connectivity index (χ1) is 15.0. The van der Waals surface area contributed by atoms with E-state index in [-0.39, 0.29) is 12.1 Å². The van der Waals surface area contributed by atoms with Crippen LogP contribution in [0.25, 0.3) is 16.2 Å². The van der Waals surface area contributed by atoms with Crippen molar-refractivity contribution < 1.29 is 14.3 Å². The van der Waals surface area contributed by atoms with Crippen LogP contribution in [0.2, 0.25) is 5.02 Å². The summed E-state index contributed by atoms with van der Waals surface area (Å²) < 4.78 is 12.2. The van der Waals surface area contributed by atoms with E-state index in [1.807, 2.05) is 12.1 Å². The fraction of sp³-hybridized carbons (Fsp3) is 0.136. The van der Waals surface area contributed by atoms with Crippen LogP contribution in [0.5, 0.6) is 11.5 Å². The summed E-state index contributed by atoms with van der Waals surface area (Å²) in [5.74, 6) is 0.689. The number of carbonyl (C=O) groups excluding carboxylic acids is 1. The van der Waals surface area contributed by atoms with Gasteiger partial charge in [0.25, 0.3) is 11.5 Å². The molecule has 0 radical (unpaired) electrons. The number of halogens is 1. The van der Waals surface area contributed by atoms with Gasteiger partial charge in [0.1, 0.15) is 17.1 Å². The Morgan fingerprint density at radius 3 is 2.65 bits per heavy atom. The molecule has 0 saturated carbocycles. The fourth-order valence-electron chi connectivity index (χ4n) is 3.13. The van der Waals surface area contributed by atoms with E-state index in [0.717, 1.165) is 5.56 Å². The third kappa shape index (κ3) is 4.12. The lowest BCUT2D eigenvalue weighted by Crippen LogP contribution is -2.31. The van der Waals surface area contributed by atoms with Gasteiger partial charge in [0.05, 0.1) is 19.9 Å². The van der Waals surface area contributed by atoms with E-state index in [4.69, 9.17) is 21.1 Å². The monoisotopic (exact) mass is 455 g/mol. The number of thiazole rings is 1. The molecule has 9 heteroatoms. The van der Waals surface area contributed by atoms with E-state index in [1.54, 1.807) is 49.9 Å². The molecule has 31 heavy (non-hydrogen) atoms. The summed E-state index contributed by atoms with van der Waals surface area (Å²) in [5.41, 5.74) is 1.59. The molecule has 0 spiro atoms. The summed E-state index contributed by atoms with van der Waals surface area (Å²) in [6, 6.07) is 12.4. The SMILES string of the molecule is COc1ccc(OC)c(-c2csc3ncc(C(=O)NCc4ccc(Cl)cc4)c(=O)n23)c1. The zero-order valence-corrected chi connectivity index (χ0v) is 18.3. The summed E-state index contributed by atoms with van der Waals surface area (Å²) >= 11 is 7.19. The van der Waals surface area contributed by atoms with Crippen LogP contribution in [-0.2, 0) is 6.54 Å². The average Bonchev–Trinajstić information content (AvgIpc) is 3.23. The van der Waals surface area contributed by atoms with Crippen LogP contribution in [0.4, 0.5) is 0 Å². The zero-order valence-electron chi connectivity index (χ0n) is 16.7. The van der Waals surface area contributed by atoms with Crippen molar-refractivity contribution in [2.45, 2.75) is 6.54 Å². The first-order valence-electron chi connectivity index (χ1n) is 9.26. The minimum absolute atomic E-state index is 0.0482. The van der Waals surface area contributed by atoms with Crippen LogP contribution in [0.3, 0.4) is 0 Å². The standard InChI is InChI=1S/C22H18ClN3O4S/c1-29-15-7-8-19(30-2)16(9-15)18-12-31-22-25-11-17(21(28)26(18)22)20(27)24-10-13-3-5-14(23)6-4-13/h3-9,11-12H,10H2,1-2H3,(H,24,27). The average molecular weight is 456 g/mol. The number of aromatic nitrogens is 2. The maximum Gasteiger partial charge on any atom is 0.271 e. The molecule has 1 N–H and O–H groups in total. The van der Waals surface area contributed by atoms with Crippen molar-refractivity contribution in [1.82, 2.24) is 14.7 Å². The van der Waals surface area contributed by atoms with Crippen LogP contribution in [0.1, 0.15) is 15.9 Å². The number of ether oxygens (including phenoxy) is 2. The number of hydrogen-bond acceptors (Lipinski definition) is 6. The van der Waals surface area contributed by atoms with Gasteiger partial charge in [0, 0.05) is 28.7 Å². The maximum atomic E-state index is 13.2. The quantitative estimate of drug-likeness (QED) is 0.474. The number of methoxy groups -OCH3 is 2. The van der Waals surface area contributed by atoms with E-state index in [1.165, 1.54) is 21.9 Å². The first-order valence-corrected chi connectivity index (χ1v) is 10.5. The molecule has 2 aromatic carbocycles. The molecule has 0 aliphatic heterocycles. The number of benzene rings is 2. The third-order valence-corrected chi connectivity index (χ3v) is 5.83. The van der Waals surface area contributed by atoms with Crippen LogP contribution in [-0.4, -0.2) is 29.5 Å². The predicted octanol–water partition coefficient (Wildman–Crippen LogP) is 4.02. The lowest BCUT2D eigenvalue weighted by atomic mass is 10.1. The van der Waals surface area contributed by atoms with E-state index >= 15 is 0 Å². The normalized spacial score (nSPS) is 10.8. The predicted molar refractivity (Wildman–Crippen MR) is 121 cm³/mol. The number of fused-ring (bicyclic) bond motifs is 1. The van der Waals surface area contributed by atoms with E-state index in [0.29, 0.717) is 32.7 Å². The summed E-state index contributed by atoms with van der Waals surface area (Å²) in [4.78, 5) is 30.7. The molecule has 4 aromatic rings. The molecule has 7 nitrogen and oxygen atoms in total. The highest BCUT2D eigenvalue weighted by Crippen LogP contribution is 2.34. The first kappa shape index (κ1) is 20.9. The number of nitrogens with zero attached hydrogens (tertiary/aromatic N) is 2. The second kappa shape index (κ2) is 8.79. The Morgan fingerprint density at radius 1 is 1.16 bits per heavy atom. The van der Waals surface area contributed by atoms with E-state index < -0.39 is 11.5 Å². The third-order valence-electron chi connectivity index (χ3n) is 4.74. The van der Waals surface area contributed by atoms with Crippen LogP contribution >= 0.6 is 22.9 Å². The second-order valence-electron chi connectivity index (χ2n) is 6.59. The highest BCUT2D eigenvalue weighted by molar-refractivity contribution is 7.15. The molecule has 158 valence electrons. The van der Waals surface area contributed by atoms with Crippen LogP contribution < -0.4 is 20.3 Å². The molecule has 0 aliphatic carbocycles. The van der Waals surface area contributed by atoms with E-state index in [9.17, 15) is 9.59 Å². The Bertz CT molecular complexity index is 1310. The van der Waals surface area contributed by atoms with Gasteiger partial charge in [-0.15, -0.1) is 11.3 Å². The second-order valence-corrected chi connectivity index (χ2v) is 7.86. The van der Waals surface area contributed by atoms with Crippen molar-refractivity contribution in [2.24, 2.45) is 0 Å². The lowest BCUT2D eigenvalue weighted by Gasteiger charge is -2.11. The van der Waals surface area contributed by atoms with Crippen molar-refractivity contribution in [3.05, 3.63) is 80.5 Å². The van der Waals surface area contributed by atoms with Gasteiger partial charge in [-0.25, -0.2) is 4.98 Å². The summed E-state index contributed by atoms with van der Waals surface area (Å²) in [6.45, 7) is 0.262. The summed E-state index contributed by atoms with van der Waals surface area (Å²) in [6.07, 6.45) is 1.30. The topological polar surface area (TPSA) is 81.9 Å². The van der Waals surface area contributed by atoms with Gasteiger partial charge in [-0.3, -0.25) is 14.0 Å². The van der Waals surface area contributed by atoms with Gasteiger partial charge < -0.3 is 14.8 Å². The minimum atomic E-state index is -0.503. The van der Waals surface area contributed by atoms with Gasteiger partial charge in [-0.05, 0) is 35.9 Å². The lowest BCUT2D eigenvalue weighted by molar-refractivity contribution is 0.0949. The summed E-state index contributed by atoms with van der Waals surface area (Å²) in [5, 5.41) is 5.17. The van der Waals surface area contributed by atoms with Gasteiger partial charge in [-0.2, -0.15) is 0 Å². The van der Waals surface area contributed by atoms with Gasteiger partial charge in [0.15, 0.2) is 4.96 Å². The number of rotatable bonds is 6.